The van der Waals surface area contributed by atoms with Crippen molar-refractivity contribution >= 4 is 11.8 Å². The number of fused-ring (bicyclic) bond motifs is 1. The number of aromatic hydroxyl groups is 1. The molecule has 1 N–H and O–H groups in total. The Morgan fingerprint density at radius 2 is 1.74 bits per heavy atom. The number of Topliss-reactive ketones (excluding diaryl/α,β-unsaturated/α-hetero) is 1. The van der Waals surface area contributed by atoms with Crippen molar-refractivity contribution < 1.29 is 42.1 Å². The van der Waals surface area contributed by atoms with Gasteiger partial charge in [-0.15, -0.1) is 0 Å². The summed E-state index contributed by atoms with van der Waals surface area (Å²) >= 11 is 0. The molecule has 2 aromatic carbocycles. The molecule has 0 saturated heterocycles. The van der Waals surface area contributed by atoms with E-state index in [-0.39, 0.29) is 16.9 Å². The zero-order valence-corrected chi connectivity index (χ0v) is 27.7. The molecule has 1 aliphatic rings. The van der Waals surface area contributed by atoms with Gasteiger partial charge in [-0.2, -0.15) is 13.2 Å². The molecule has 9 heteroatoms. The predicted octanol–water partition coefficient (Wildman–Crippen LogP) is 8.79. The van der Waals surface area contributed by atoms with E-state index >= 15 is 0 Å². The zero-order valence-electron chi connectivity index (χ0n) is 27.7. The standard InChI is InChI=1S/C37H45F3O6/c1-24(2)21-31(45-34(43)36(44-7,37(38,39)40)29-16-9-8-10-17-29)32(42)26(4)15-11-13-25(3)14-12-19-35(6)20-18-28-23-30(41)22-27(5)33(28)46-35/h8-10,14-17,21-23,31,41H,11-13,18-20H2,1-7H3/b25-14+,26-15+/t31-,35-,36-/m1/s1. The number of benzene rings is 2. The number of phenolic OH excluding ortho intramolecular Hbond substituents is 1. The summed E-state index contributed by atoms with van der Waals surface area (Å²) in [7, 11) is 0.787. The molecule has 2 aromatic rings. The molecule has 250 valence electrons. The van der Waals surface area contributed by atoms with E-state index in [1.165, 1.54) is 24.3 Å². The average molecular weight is 643 g/mol. The lowest BCUT2D eigenvalue weighted by atomic mass is 9.87. The summed E-state index contributed by atoms with van der Waals surface area (Å²) in [6.07, 6.45) is 2.98. The number of hydrogen-bond acceptors (Lipinski definition) is 6. The number of esters is 1. The number of carbonyl (C=O) groups is 2. The fourth-order valence-electron chi connectivity index (χ4n) is 5.65. The van der Waals surface area contributed by atoms with Crippen LogP contribution in [-0.4, -0.2) is 41.9 Å². The second kappa shape index (κ2) is 15.2. The van der Waals surface area contributed by atoms with Gasteiger partial charge in [0.1, 0.15) is 17.1 Å². The topological polar surface area (TPSA) is 82.1 Å². The highest BCUT2D eigenvalue weighted by molar-refractivity contribution is 6.01. The predicted molar refractivity (Wildman–Crippen MR) is 172 cm³/mol. The smallest absolute Gasteiger partial charge is 0.432 e. The molecule has 0 aliphatic carbocycles. The van der Waals surface area contributed by atoms with Crippen molar-refractivity contribution in [3.63, 3.8) is 0 Å². The van der Waals surface area contributed by atoms with Crippen LogP contribution in [0.3, 0.4) is 0 Å². The maximum atomic E-state index is 14.4. The molecule has 46 heavy (non-hydrogen) atoms. The van der Waals surface area contributed by atoms with Gasteiger partial charge >= 0.3 is 12.1 Å². The monoisotopic (exact) mass is 642 g/mol. The van der Waals surface area contributed by atoms with E-state index in [1.54, 1.807) is 39.0 Å². The minimum atomic E-state index is -5.15. The Morgan fingerprint density at radius 1 is 1.07 bits per heavy atom. The lowest BCUT2D eigenvalue weighted by molar-refractivity contribution is -0.277. The SMILES string of the molecule is CO[C@@](C(=O)O[C@H](C=C(C)C)C(=O)/C(C)=C/CC/C(C)=C/CC[C@]1(C)CCc2cc(O)cc(C)c2O1)(c1ccccc1)C(F)(F)F. The van der Waals surface area contributed by atoms with Gasteiger partial charge in [0.15, 0.2) is 6.10 Å². The summed E-state index contributed by atoms with van der Waals surface area (Å²) in [6.45, 7) is 10.9. The largest absolute Gasteiger partial charge is 0.508 e. The van der Waals surface area contributed by atoms with Crippen LogP contribution in [0.4, 0.5) is 13.2 Å². The fraction of sp³-hybridized carbons (Fsp3) is 0.459. The Morgan fingerprint density at radius 3 is 2.35 bits per heavy atom. The van der Waals surface area contributed by atoms with Crippen LogP contribution in [0.5, 0.6) is 11.5 Å². The van der Waals surface area contributed by atoms with Crippen molar-refractivity contribution in [3.05, 3.63) is 94.1 Å². The Balaban J connectivity index is 1.65. The van der Waals surface area contributed by atoms with Crippen LogP contribution in [0.15, 0.2) is 77.4 Å². The zero-order chi connectivity index (χ0) is 34.3. The van der Waals surface area contributed by atoms with Crippen LogP contribution in [0.25, 0.3) is 0 Å². The first-order valence-corrected chi connectivity index (χ1v) is 15.4. The maximum Gasteiger partial charge on any atom is 0.432 e. The minimum Gasteiger partial charge on any atom is -0.508 e. The van der Waals surface area contributed by atoms with E-state index in [1.807, 2.05) is 13.8 Å². The fourth-order valence-corrected chi connectivity index (χ4v) is 5.65. The first-order valence-electron chi connectivity index (χ1n) is 15.4. The number of alkyl halides is 3. The van der Waals surface area contributed by atoms with E-state index in [0.29, 0.717) is 18.4 Å². The molecule has 1 aliphatic heterocycles. The van der Waals surface area contributed by atoms with E-state index in [2.05, 4.69) is 13.0 Å². The molecule has 1 heterocycles. The van der Waals surface area contributed by atoms with Gasteiger partial charge in [0.25, 0.3) is 5.60 Å². The number of methoxy groups -OCH3 is 1. The van der Waals surface area contributed by atoms with E-state index in [9.17, 15) is 27.9 Å². The molecule has 0 unspecified atom stereocenters. The molecule has 3 rings (SSSR count). The Bertz CT molecular complexity index is 1490. The molecular formula is C37H45F3O6. The lowest BCUT2D eigenvalue weighted by Crippen LogP contribution is -2.53. The summed E-state index contributed by atoms with van der Waals surface area (Å²) in [5.41, 5.74) is -0.221. The number of hydrogen-bond donors (Lipinski definition) is 1. The maximum absolute atomic E-state index is 14.4. The van der Waals surface area contributed by atoms with Gasteiger partial charge in [0.2, 0.25) is 5.78 Å². The average Bonchev–Trinajstić information content (AvgIpc) is 2.97. The van der Waals surface area contributed by atoms with Gasteiger partial charge in [0.05, 0.1) is 0 Å². The third kappa shape index (κ3) is 8.69. The van der Waals surface area contributed by atoms with Crippen LogP contribution in [-0.2, 0) is 31.1 Å². The first kappa shape index (κ1) is 36.6. The normalized spacial score (nSPS) is 18.9. The summed E-state index contributed by atoms with van der Waals surface area (Å²) < 4.78 is 59.6. The Hall–Kier alpha value is -3.85. The highest BCUT2D eigenvalue weighted by Crippen LogP contribution is 2.43. The molecule has 3 atom stereocenters. The van der Waals surface area contributed by atoms with Crippen molar-refractivity contribution in [2.75, 3.05) is 7.11 Å². The number of aryl methyl sites for hydroxylation is 2. The number of rotatable bonds is 13. The van der Waals surface area contributed by atoms with E-state index in [4.69, 9.17) is 14.2 Å². The molecule has 0 radical (unpaired) electrons. The highest BCUT2D eigenvalue weighted by Gasteiger charge is 2.64. The third-order valence-electron chi connectivity index (χ3n) is 8.30. The van der Waals surface area contributed by atoms with Gasteiger partial charge in [-0.3, -0.25) is 4.79 Å². The second-order valence-electron chi connectivity index (χ2n) is 12.5. The third-order valence-corrected chi connectivity index (χ3v) is 8.30. The molecule has 0 saturated carbocycles. The molecule has 0 bridgehead atoms. The molecule has 0 fully saturated rings. The number of ether oxygens (including phenoxy) is 3. The molecule has 6 nitrogen and oxygen atoms in total. The summed E-state index contributed by atoms with van der Waals surface area (Å²) in [4.78, 5) is 26.5. The minimum absolute atomic E-state index is 0.249. The Labute approximate surface area is 269 Å². The van der Waals surface area contributed by atoms with Crippen molar-refractivity contribution in [2.45, 2.75) is 104 Å². The second-order valence-corrected chi connectivity index (χ2v) is 12.5. The van der Waals surface area contributed by atoms with Crippen LogP contribution < -0.4 is 4.74 Å². The summed E-state index contributed by atoms with van der Waals surface area (Å²) in [5.74, 6) is -1.23. The lowest BCUT2D eigenvalue weighted by Gasteiger charge is -2.36. The van der Waals surface area contributed by atoms with Crippen LogP contribution in [0.2, 0.25) is 0 Å². The summed E-state index contributed by atoms with van der Waals surface area (Å²) in [5, 5.41) is 9.89. The van der Waals surface area contributed by atoms with Gasteiger partial charge < -0.3 is 19.3 Å². The first-order chi connectivity index (χ1) is 21.5. The Kier molecular flexibility index (Phi) is 12.1. The number of ketones is 1. The molecular weight excluding hydrogens is 597 g/mol. The van der Waals surface area contributed by atoms with Crippen LogP contribution in [0.1, 0.15) is 83.4 Å². The quantitative estimate of drug-likeness (QED) is 0.134. The molecule has 0 spiro atoms. The number of carbonyl (C=O) groups excluding carboxylic acids is 2. The number of halogens is 3. The van der Waals surface area contributed by atoms with Crippen molar-refractivity contribution in [3.8, 4) is 11.5 Å². The van der Waals surface area contributed by atoms with Gasteiger partial charge in [0, 0.05) is 12.7 Å². The van der Waals surface area contributed by atoms with Crippen LogP contribution in [0, 0.1) is 6.92 Å². The van der Waals surface area contributed by atoms with Crippen LogP contribution >= 0.6 is 0 Å². The van der Waals surface area contributed by atoms with Gasteiger partial charge in [-0.25, -0.2) is 4.79 Å². The van der Waals surface area contributed by atoms with Gasteiger partial charge in [-0.1, -0.05) is 53.6 Å². The molecule has 0 aromatic heterocycles. The summed E-state index contributed by atoms with van der Waals surface area (Å²) in [6, 6.07) is 9.98. The van der Waals surface area contributed by atoms with Crippen molar-refractivity contribution in [2.24, 2.45) is 0 Å². The van der Waals surface area contributed by atoms with E-state index < -0.39 is 35.2 Å². The number of allylic oxidation sites excluding steroid dienone is 4. The highest BCUT2D eigenvalue weighted by atomic mass is 19.4. The van der Waals surface area contributed by atoms with Crippen molar-refractivity contribution in [1.82, 2.24) is 0 Å². The number of phenols is 1. The van der Waals surface area contributed by atoms with Gasteiger partial charge in [-0.05, 0) is 115 Å². The van der Waals surface area contributed by atoms with E-state index in [0.717, 1.165) is 67.4 Å². The van der Waals surface area contributed by atoms with Crippen molar-refractivity contribution in [1.29, 1.82) is 0 Å². The molecule has 0 amide bonds.